The molecule has 5 nitrogen and oxygen atoms in total. The van der Waals surface area contributed by atoms with Crippen LogP contribution in [-0.2, 0) is 22.6 Å². The third-order valence-corrected chi connectivity index (χ3v) is 5.65. The molecule has 31 heavy (non-hydrogen) atoms. The van der Waals surface area contributed by atoms with Gasteiger partial charge in [-0.05, 0) is 29.8 Å². The van der Waals surface area contributed by atoms with Crippen LogP contribution in [0.15, 0.2) is 72.8 Å². The van der Waals surface area contributed by atoms with E-state index in [1.165, 1.54) is 0 Å². The van der Waals surface area contributed by atoms with Gasteiger partial charge in [0.25, 0.3) is 11.8 Å². The van der Waals surface area contributed by atoms with Crippen LogP contribution in [0.4, 0.5) is 0 Å². The maximum atomic E-state index is 13.1. The summed E-state index contributed by atoms with van der Waals surface area (Å²) in [6.45, 7) is -0.108. The zero-order chi connectivity index (χ0) is 22.0. The number of imide groups is 1. The van der Waals surface area contributed by atoms with Gasteiger partial charge >= 0.3 is 5.97 Å². The van der Waals surface area contributed by atoms with Gasteiger partial charge in [0.1, 0.15) is 12.6 Å². The van der Waals surface area contributed by atoms with E-state index >= 15 is 0 Å². The summed E-state index contributed by atoms with van der Waals surface area (Å²) in [5, 5.41) is 0.827. The Labute approximate surface area is 189 Å². The van der Waals surface area contributed by atoms with Crippen molar-refractivity contribution in [3.8, 4) is 0 Å². The molecule has 1 atom stereocenters. The van der Waals surface area contributed by atoms with Crippen molar-refractivity contribution in [1.82, 2.24) is 4.90 Å². The number of rotatable bonds is 6. The van der Waals surface area contributed by atoms with Crippen LogP contribution in [0.3, 0.4) is 0 Å². The van der Waals surface area contributed by atoms with Gasteiger partial charge in [-0.1, -0.05) is 71.7 Å². The van der Waals surface area contributed by atoms with Crippen LogP contribution < -0.4 is 0 Å². The standard InChI is InChI=1S/C24H17Cl2NO4/c25-17-11-10-16(20(26)13-17)14-31-24(30)21(12-15-6-2-1-3-7-15)27-22(28)18-8-4-5-9-19(18)23(27)29/h1-11,13,21H,12,14H2. The lowest BCUT2D eigenvalue weighted by molar-refractivity contribution is -0.149. The summed E-state index contributed by atoms with van der Waals surface area (Å²) in [6, 6.07) is 19.4. The van der Waals surface area contributed by atoms with E-state index in [9.17, 15) is 14.4 Å². The smallest absolute Gasteiger partial charge is 0.330 e. The molecule has 1 aliphatic heterocycles. The first kappa shape index (κ1) is 21.1. The molecular weight excluding hydrogens is 437 g/mol. The second-order valence-corrected chi connectivity index (χ2v) is 7.92. The molecule has 1 heterocycles. The fraction of sp³-hybridized carbons (Fsp3) is 0.125. The number of ether oxygens (including phenoxy) is 1. The Kier molecular flexibility index (Phi) is 6.07. The van der Waals surface area contributed by atoms with E-state index in [1.807, 2.05) is 30.3 Å². The minimum Gasteiger partial charge on any atom is -0.459 e. The van der Waals surface area contributed by atoms with Crippen molar-refractivity contribution in [3.63, 3.8) is 0 Å². The zero-order valence-corrected chi connectivity index (χ0v) is 17.8. The fourth-order valence-electron chi connectivity index (χ4n) is 3.49. The first-order chi connectivity index (χ1) is 15.0. The maximum absolute atomic E-state index is 13.1. The van der Waals surface area contributed by atoms with E-state index in [0.29, 0.717) is 15.6 Å². The Morgan fingerprint density at radius 3 is 2.10 bits per heavy atom. The minimum absolute atomic E-state index is 0.108. The van der Waals surface area contributed by atoms with Gasteiger partial charge in [0.15, 0.2) is 0 Å². The number of amides is 2. The number of carbonyl (C=O) groups is 3. The monoisotopic (exact) mass is 453 g/mol. The molecule has 0 radical (unpaired) electrons. The summed E-state index contributed by atoms with van der Waals surface area (Å²) in [7, 11) is 0. The molecule has 156 valence electrons. The van der Waals surface area contributed by atoms with E-state index < -0.39 is 23.8 Å². The van der Waals surface area contributed by atoms with Crippen LogP contribution in [0.5, 0.6) is 0 Å². The summed E-state index contributed by atoms with van der Waals surface area (Å²) in [6.07, 6.45) is 0.138. The predicted molar refractivity (Wildman–Crippen MR) is 117 cm³/mol. The molecule has 0 saturated heterocycles. The molecule has 4 rings (SSSR count). The van der Waals surface area contributed by atoms with Gasteiger partial charge in [0.2, 0.25) is 0 Å². The highest BCUT2D eigenvalue weighted by atomic mass is 35.5. The van der Waals surface area contributed by atoms with Crippen LogP contribution in [0.1, 0.15) is 31.8 Å². The summed E-state index contributed by atoms with van der Waals surface area (Å²) in [4.78, 5) is 40.0. The highest BCUT2D eigenvalue weighted by Gasteiger charge is 2.43. The van der Waals surface area contributed by atoms with Gasteiger partial charge in [-0.3, -0.25) is 14.5 Å². The quantitative estimate of drug-likeness (QED) is 0.391. The van der Waals surface area contributed by atoms with Crippen LogP contribution in [0, 0.1) is 0 Å². The predicted octanol–water partition coefficient (Wildman–Crippen LogP) is 4.94. The Morgan fingerprint density at radius 1 is 0.871 bits per heavy atom. The number of hydrogen-bond donors (Lipinski definition) is 0. The van der Waals surface area contributed by atoms with Gasteiger partial charge in [-0.15, -0.1) is 0 Å². The highest BCUT2D eigenvalue weighted by Crippen LogP contribution is 2.27. The second kappa shape index (κ2) is 8.92. The molecular formula is C24H17Cl2NO4. The van der Waals surface area contributed by atoms with Crippen molar-refractivity contribution in [1.29, 1.82) is 0 Å². The van der Waals surface area contributed by atoms with Crippen molar-refractivity contribution in [3.05, 3.63) is 105 Å². The Morgan fingerprint density at radius 2 is 1.48 bits per heavy atom. The van der Waals surface area contributed by atoms with E-state index in [-0.39, 0.29) is 24.2 Å². The van der Waals surface area contributed by atoms with Crippen molar-refractivity contribution in [2.75, 3.05) is 0 Å². The molecule has 0 aromatic heterocycles. The number of esters is 1. The van der Waals surface area contributed by atoms with Gasteiger partial charge < -0.3 is 4.74 Å². The summed E-state index contributed by atoms with van der Waals surface area (Å²) in [5.41, 5.74) is 1.92. The first-order valence-corrected chi connectivity index (χ1v) is 10.3. The molecule has 7 heteroatoms. The second-order valence-electron chi connectivity index (χ2n) is 7.07. The number of nitrogens with zero attached hydrogens (tertiary/aromatic N) is 1. The molecule has 2 amide bonds. The molecule has 3 aromatic rings. The van der Waals surface area contributed by atoms with Crippen molar-refractivity contribution in [2.24, 2.45) is 0 Å². The van der Waals surface area contributed by atoms with Gasteiger partial charge in [-0.2, -0.15) is 0 Å². The van der Waals surface area contributed by atoms with Crippen molar-refractivity contribution >= 4 is 41.0 Å². The Balaban J connectivity index is 1.61. The van der Waals surface area contributed by atoms with Gasteiger partial charge in [0, 0.05) is 22.0 Å². The number of carbonyl (C=O) groups excluding carboxylic acids is 3. The number of hydrogen-bond acceptors (Lipinski definition) is 4. The highest BCUT2D eigenvalue weighted by molar-refractivity contribution is 6.35. The van der Waals surface area contributed by atoms with Gasteiger partial charge in [-0.25, -0.2) is 4.79 Å². The lowest BCUT2D eigenvalue weighted by Gasteiger charge is -2.25. The third-order valence-electron chi connectivity index (χ3n) is 5.07. The third kappa shape index (κ3) is 4.33. The van der Waals surface area contributed by atoms with Gasteiger partial charge in [0.05, 0.1) is 11.1 Å². The number of halogens is 2. The SMILES string of the molecule is O=C(OCc1ccc(Cl)cc1Cl)C(Cc1ccccc1)N1C(=O)c2ccccc2C1=O. The van der Waals surface area contributed by atoms with E-state index in [1.54, 1.807) is 42.5 Å². The molecule has 0 aliphatic carbocycles. The van der Waals surface area contributed by atoms with E-state index in [4.69, 9.17) is 27.9 Å². The fourth-order valence-corrected chi connectivity index (χ4v) is 3.96. The molecule has 0 N–H and O–H groups in total. The first-order valence-electron chi connectivity index (χ1n) is 9.57. The molecule has 0 spiro atoms. The molecule has 3 aromatic carbocycles. The average Bonchev–Trinajstić information content (AvgIpc) is 3.02. The lowest BCUT2D eigenvalue weighted by atomic mass is 10.0. The Hall–Kier alpha value is -3.15. The molecule has 0 fully saturated rings. The molecule has 0 saturated carbocycles. The van der Waals surface area contributed by atoms with Crippen LogP contribution in [-0.4, -0.2) is 28.7 Å². The van der Waals surface area contributed by atoms with Crippen molar-refractivity contribution < 1.29 is 19.1 Å². The van der Waals surface area contributed by atoms with E-state index in [0.717, 1.165) is 10.5 Å². The normalized spacial score (nSPS) is 13.8. The van der Waals surface area contributed by atoms with Crippen LogP contribution in [0.2, 0.25) is 10.0 Å². The number of benzene rings is 3. The lowest BCUT2D eigenvalue weighted by Crippen LogP contribution is -2.47. The molecule has 1 unspecified atom stereocenters. The average molecular weight is 454 g/mol. The van der Waals surface area contributed by atoms with Crippen molar-refractivity contribution in [2.45, 2.75) is 19.1 Å². The summed E-state index contributed by atoms with van der Waals surface area (Å²) >= 11 is 12.1. The van der Waals surface area contributed by atoms with Crippen LogP contribution in [0.25, 0.3) is 0 Å². The maximum Gasteiger partial charge on any atom is 0.330 e. The number of fused-ring (bicyclic) bond motifs is 1. The van der Waals surface area contributed by atoms with E-state index in [2.05, 4.69) is 0 Å². The molecule has 1 aliphatic rings. The summed E-state index contributed by atoms with van der Waals surface area (Å²) < 4.78 is 5.48. The largest absolute Gasteiger partial charge is 0.459 e. The topological polar surface area (TPSA) is 63.7 Å². The minimum atomic E-state index is -1.11. The zero-order valence-electron chi connectivity index (χ0n) is 16.3. The molecule has 0 bridgehead atoms. The van der Waals surface area contributed by atoms with Crippen LogP contribution >= 0.6 is 23.2 Å². The summed E-state index contributed by atoms with van der Waals surface area (Å²) in [5.74, 6) is -1.71. The Bertz CT molecular complexity index is 1130.